The molecule has 2 aliphatic rings. The van der Waals surface area contributed by atoms with Gasteiger partial charge in [0.25, 0.3) is 0 Å². The van der Waals surface area contributed by atoms with E-state index in [1.165, 1.54) is 5.39 Å². The van der Waals surface area contributed by atoms with Gasteiger partial charge in [0.2, 0.25) is 5.91 Å². The molecule has 24 heavy (non-hydrogen) atoms. The third-order valence-electron chi connectivity index (χ3n) is 5.34. The van der Waals surface area contributed by atoms with Crippen LogP contribution in [0, 0.1) is 0 Å². The van der Waals surface area contributed by atoms with Gasteiger partial charge < -0.3 is 20.3 Å². The summed E-state index contributed by atoms with van der Waals surface area (Å²) in [5, 5.41) is 16.9. The zero-order valence-corrected chi connectivity index (χ0v) is 13.7. The maximum Gasteiger partial charge on any atom is 0.237 e. The fourth-order valence-corrected chi connectivity index (χ4v) is 4.00. The Hall–Kier alpha value is -1.92. The Morgan fingerprint density at radius 1 is 1.29 bits per heavy atom. The molecular formula is C18H24N4O2. The summed E-state index contributed by atoms with van der Waals surface area (Å²) in [6.45, 7) is 0.512. The SMILES string of the molecule is O=C(NC1CCC(n2ccc3cccnc32)CC1)[C@H]1C[C@@H](O)CN1. The molecule has 2 atom stereocenters. The molecule has 0 aromatic carbocycles. The largest absolute Gasteiger partial charge is 0.392 e. The van der Waals surface area contributed by atoms with Gasteiger partial charge in [0.1, 0.15) is 5.65 Å². The number of hydrogen-bond donors (Lipinski definition) is 3. The molecule has 128 valence electrons. The van der Waals surface area contributed by atoms with Gasteiger partial charge in [0.05, 0.1) is 12.1 Å². The second-order valence-electron chi connectivity index (χ2n) is 7.00. The van der Waals surface area contributed by atoms with Crippen LogP contribution in [0.15, 0.2) is 30.6 Å². The molecule has 1 aliphatic carbocycles. The number of aliphatic hydroxyl groups excluding tert-OH is 1. The van der Waals surface area contributed by atoms with E-state index in [0.717, 1.165) is 31.3 Å². The van der Waals surface area contributed by atoms with Crippen molar-refractivity contribution in [1.29, 1.82) is 0 Å². The highest BCUT2D eigenvalue weighted by Gasteiger charge is 2.30. The minimum absolute atomic E-state index is 0.0306. The van der Waals surface area contributed by atoms with Gasteiger partial charge in [-0.1, -0.05) is 0 Å². The Labute approximate surface area is 141 Å². The molecule has 2 aromatic heterocycles. The average Bonchev–Trinajstić information content (AvgIpc) is 3.22. The number of amides is 1. The first-order valence-corrected chi connectivity index (χ1v) is 8.84. The van der Waals surface area contributed by atoms with Gasteiger partial charge in [0.15, 0.2) is 0 Å². The first-order valence-electron chi connectivity index (χ1n) is 8.84. The van der Waals surface area contributed by atoms with Crippen LogP contribution in [0.5, 0.6) is 0 Å². The van der Waals surface area contributed by atoms with Gasteiger partial charge in [-0.15, -0.1) is 0 Å². The van der Waals surface area contributed by atoms with Gasteiger partial charge in [-0.2, -0.15) is 0 Å². The molecule has 2 fully saturated rings. The number of fused-ring (bicyclic) bond motifs is 1. The van der Waals surface area contributed by atoms with Crippen LogP contribution in [0.1, 0.15) is 38.1 Å². The highest BCUT2D eigenvalue weighted by atomic mass is 16.3. The number of carbonyl (C=O) groups excluding carboxylic acids is 1. The normalized spacial score (nSPS) is 30.5. The zero-order chi connectivity index (χ0) is 16.5. The van der Waals surface area contributed by atoms with Crippen LogP contribution in [0.25, 0.3) is 11.0 Å². The number of hydrogen-bond acceptors (Lipinski definition) is 4. The zero-order valence-electron chi connectivity index (χ0n) is 13.7. The van der Waals surface area contributed by atoms with Crippen LogP contribution in [0.3, 0.4) is 0 Å². The quantitative estimate of drug-likeness (QED) is 0.795. The van der Waals surface area contributed by atoms with E-state index in [0.29, 0.717) is 19.0 Å². The lowest BCUT2D eigenvalue weighted by atomic mass is 9.90. The van der Waals surface area contributed by atoms with E-state index in [-0.39, 0.29) is 18.0 Å². The van der Waals surface area contributed by atoms with Crippen LogP contribution in [0.4, 0.5) is 0 Å². The van der Waals surface area contributed by atoms with Gasteiger partial charge in [-0.3, -0.25) is 4.79 Å². The van der Waals surface area contributed by atoms with E-state index in [9.17, 15) is 9.90 Å². The molecular weight excluding hydrogens is 304 g/mol. The highest BCUT2D eigenvalue weighted by Crippen LogP contribution is 2.31. The van der Waals surface area contributed by atoms with Gasteiger partial charge in [-0.25, -0.2) is 4.98 Å². The van der Waals surface area contributed by atoms with E-state index in [1.807, 2.05) is 12.3 Å². The van der Waals surface area contributed by atoms with Crippen molar-refractivity contribution in [3.05, 3.63) is 30.6 Å². The maximum atomic E-state index is 12.2. The Balaban J connectivity index is 1.34. The predicted molar refractivity (Wildman–Crippen MR) is 91.6 cm³/mol. The molecule has 3 heterocycles. The summed E-state index contributed by atoms with van der Waals surface area (Å²) in [6.07, 6.45) is 8.15. The van der Waals surface area contributed by atoms with Gasteiger partial charge >= 0.3 is 0 Å². The first kappa shape index (κ1) is 15.6. The lowest BCUT2D eigenvalue weighted by Crippen LogP contribution is -2.46. The minimum atomic E-state index is -0.397. The number of aliphatic hydroxyl groups is 1. The number of carbonyl (C=O) groups is 1. The molecule has 1 saturated heterocycles. The van der Waals surface area contributed by atoms with Crippen molar-refractivity contribution in [2.24, 2.45) is 0 Å². The van der Waals surface area contributed by atoms with Crippen LogP contribution in [-0.4, -0.2) is 45.3 Å². The topological polar surface area (TPSA) is 79.2 Å². The van der Waals surface area contributed by atoms with Crippen molar-refractivity contribution >= 4 is 16.9 Å². The third kappa shape index (κ3) is 3.03. The molecule has 3 N–H and O–H groups in total. The van der Waals surface area contributed by atoms with Crippen molar-refractivity contribution in [3.63, 3.8) is 0 Å². The summed E-state index contributed by atoms with van der Waals surface area (Å²) in [5.41, 5.74) is 1.05. The van der Waals surface area contributed by atoms with Crippen LogP contribution >= 0.6 is 0 Å². The standard InChI is InChI=1S/C18H24N4O2/c23-15-10-16(20-11-15)18(24)21-13-3-5-14(6-4-13)22-9-7-12-2-1-8-19-17(12)22/h1-2,7-9,13-16,20,23H,3-6,10-11H2,(H,21,24)/t13?,14?,15-,16-/m1/s1. The molecule has 4 rings (SSSR count). The second-order valence-corrected chi connectivity index (χ2v) is 7.00. The summed E-state index contributed by atoms with van der Waals surface area (Å²) in [7, 11) is 0. The molecule has 6 heteroatoms. The Morgan fingerprint density at radius 3 is 2.88 bits per heavy atom. The van der Waals surface area contributed by atoms with Crippen molar-refractivity contribution in [2.45, 2.75) is 56.3 Å². The van der Waals surface area contributed by atoms with Crippen molar-refractivity contribution in [2.75, 3.05) is 6.54 Å². The third-order valence-corrected chi connectivity index (χ3v) is 5.34. The molecule has 0 unspecified atom stereocenters. The monoisotopic (exact) mass is 328 g/mol. The maximum absolute atomic E-state index is 12.2. The fraction of sp³-hybridized carbons (Fsp3) is 0.556. The number of nitrogens with one attached hydrogen (secondary N) is 2. The molecule has 1 amide bonds. The van der Waals surface area contributed by atoms with E-state index in [2.05, 4.69) is 38.5 Å². The van der Waals surface area contributed by atoms with Gasteiger partial charge in [-0.05, 0) is 50.3 Å². The summed E-state index contributed by atoms with van der Waals surface area (Å²) < 4.78 is 2.28. The Morgan fingerprint density at radius 2 is 2.12 bits per heavy atom. The number of nitrogens with zero attached hydrogens (tertiary/aromatic N) is 2. The molecule has 1 aliphatic heterocycles. The summed E-state index contributed by atoms with van der Waals surface area (Å²) in [5.74, 6) is 0.0306. The Bertz CT molecular complexity index is 721. The predicted octanol–water partition coefficient (Wildman–Crippen LogP) is 1.36. The minimum Gasteiger partial charge on any atom is -0.392 e. The number of aromatic nitrogens is 2. The van der Waals surface area contributed by atoms with E-state index in [4.69, 9.17) is 0 Å². The summed E-state index contributed by atoms with van der Waals surface area (Å²) in [4.78, 5) is 16.7. The number of β-amino-alcohol motifs (C(OH)–C–C–N with tert-alkyl or cyclic N) is 1. The van der Waals surface area contributed by atoms with Crippen molar-refractivity contribution in [1.82, 2.24) is 20.2 Å². The van der Waals surface area contributed by atoms with Crippen LogP contribution in [-0.2, 0) is 4.79 Å². The van der Waals surface area contributed by atoms with Gasteiger partial charge in [0, 0.05) is 36.4 Å². The molecule has 0 bridgehead atoms. The molecule has 0 spiro atoms. The first-order chi connectivity index (χ1) is 11.7. The summed E-state index contributed by atoms with van der Waals surface area (Å²) >= 11 is 0. The average molecular weight is 328 g/mol. The lowest BCUT2D eigenvalue weighted by Gasteiger charge is -2.31. The Kier molecular flexibility index (Phi) is 4.24. The second kappa shape index (κ2) is 6.53. The molecule has 1 saturated carbocycles. The van der Waals surface area contributed by atoms with Crippen molar-refractivity contribution in [3.8, 4) is 0 Å². The molecule has 2 aromatic rings. The van der Waals surface area contributed by atoms with E-state index in [1.54, 1.807) is 0 Å². The highest BCUT2D eigenvalue weighted by molar-refractivity contribution is 5.82. The number of rotatable bonds is 3. The van der Waals surface area contributed by atoms with Crippen LogP contribution < -0.4 is 10.6 Å². The number of pyridine rings is 1. The fourth-order valence-electron chi connectivity index (χ4n) is 4.00. The summed E-state index contributed by atoms with van der Waals surface area (Å²) in [6, 6.07) is 6.63. The van der Waals surface area contributed by atoms with Crippen LogP contribution in [0.2, 0.25) is 0 Å². The molecule has 6 nitrogen and oxygen atoms in total. The van der Waals surface area contributed by atoms with E-state index >= 15 is 0 Å². The molecule has 0 radical (unpaired) electrons. The van der Waals surface area contributed by atoms with E-state index < -0.39 is 6.10 Å². The van der Waals surface area contributed by atoms with Crippen molar-refractivity contribution < 1.29 is 9.90 Å². The smallest absolute Gasteiger partial charge is 0.237 e. The lowest BCUT2D eigenvalue weighted by molar-refractivity contribution is -0.123.